The average molecular weight is 735 g/mol. The molecule has 0 unspecified atom stereocenters. The molecule has 1 heterocycles. The number of esters is 6. The Balaban J connectivity index is 2.13. The summed E-state index contributed by atoms with van der Waals surface area (Å²) >= 11 is 0. The van der Waals surface area contributed by atoms with Crippen molar-refractivity contribution in [3.05, 3.63) is 48.0 Å². The van der Waals surface area contributed by atoms with E-state index in [0.717, 1.165) is 27.7 Å². The van der Waals surface area contributed by atoms with Crippen LogP contribution >= 0.6 is 0 Å². The molecule has 0 spiro atoms. The smallest absolute Gasteiger partial charge is 0.308 e. The van der Waals surface area contributed by atoms with Crippen LogP contribution in [0.3, 0.4) is 0 Å². The molecular formula is C35H42O17. The van der Waals surface area contributed by atoms with Crippen molar-refractivity contribution in [2.45, 2.75) is 84.5 Å². The number of hydrogen-bond acceptors (Lipinski definition) is 17. The van der Waals surface area contributed by atoms with E-state index in [1.807, 2.05) is 0 Å². The molecule has 284 valence electrons. The molecule has 1 fully saturated rings. The highest BCUT2D eigenvalue weighted by Crippen LogP contribution is 2.37. The van der Waals surface area contributed by atoms with Crippen LogP contribution in [0.15, 0.2) is 42.5 Å². The third-order valence-corrected chi connectivity index (χ3v) is 7.12. The standard InChI is InChI=1S/C35H42O17/c1-18(36)44-16-30-32(48-21(4)39)33(49-22(5)40)34(50-23(6)41)35(52-30)45-17-29(51-26-12-10-9-11-25(26)42-7)31(47-20(3)38)24-13-14-27(46-19(2)37)28(15-24)43-8/h9-15,29-35H,16-17H2,1-8H3/t29-,30+,31+,32+,33-,34+,35+/m0/s1. The third kappa shape index (κ3) is 11.8. The molecule has 0 amide bonds. The van der Waals surface area contributed by atoms with Crippen molar-refractivity contribution in [1.29, 1.82) is 0 Å². The first-order valence-electron chi connectivity index (χ1n) is 15.9. The van der Waals surface area contributed by atoms with Gasteiger partial charge in [0.05, 0.1) is 20.8 Å². The van der Waals surface area contributed by atoms with Crippen molar-refractivity contribution in [1.82, 2.24) is 0 Å². The molecule has 52 heavy (non-hydrogen) atoms. The van der Waals surface area contributed by atoms with Gasteiger partial charge in [-0.15, -0.1) is 0 Å². The lowest BCUT2D eigenvalue weighted by Gasteiger charge is -2.44. The van der Waals surface area contributed by atoms with Gasteiger partial charge in [0.1, 0.15) is 12.7 Å². The van der Waals surface area contributed by atoms with E-state index in [9.17, 15) is 28.8 Å². The third-order valence-electron chi connectivity index (χ3n) is 7.12. The first-order chi connectivity index (χ1) is 24.6. The molecule has 0 radical (unpaired) electrons. The molecule has 7 atom stereocenters. The van der Waals surface area contributed by atoms with Crippen molar-refractivity contribution in [3.8, 4) is 23.0 Å². The molecule has 1 aliphatic rings. The quantitative estimate of drug-likeness (QED) is 0.138. The predicted octanol–water partition coefficient (Wildman–Crippen LogP) is 2.78. The maximum absolute atomic E-state index is 12.5. The van der Waals surface area contributed by atoms with Gasteiger partial charge in [0.25, 0.3) is 0 Å². The van der Waals surface area contributed by atoms with E-state index < -0.39 is 91.9 Å². The van der Waals surface area contributed by atoms with Crippen LogP contribution in [0, 0.1) is 0 Å². The van der Waals surface area contributed by atoms with Crippen molar-refractivity contribution in [3.63, 3.8) is 0 Å². The van der Waals surface area contributed by atoms with Crippen LogP contribution in [0.5, 0.6) is 23.0 Å². The highest BCUT2D eigenvalue weighted by molar-refractivity contribution is 5.71. The fraction of sp³-hybridized carbons (Fsp3) is 0.486. The summed E-state index contributed by atoms with van der Waals surface area (Å²) in [6, 6.07) is 11.0. The highest BCUT2D eigenvalue weighted by atomic mass is 16.7. The van der Waals surface area contributed by atoms with E-state index >= 15 is 0 Å². The van der Waals surface area contributed by atoms with E-state index in [4.69, 9.17) is 52.1 Å². The molecule has 17 heteroatoms. The SMILES string of the molecule is COc1cc([C@@H](OC(C)=O)[C@H](CO[C@@H]2O[C@H](COC(C)=O)[C@@H](OC(C)=O)[C@H](OC(C)=O)[C@H]2OC(C)=O)Oc2ccccc2OC)ccc1OC(C)=O. The molecule has 0 bridgehead atoms. The monoisotopic (exact) mass is 734 g/mol. The number of methoxy groups -OCH3 is 2. The zero-order valence-electron chi connectivity index (χ0n) is 29.9. The largest absolute Gasteiger partial charge is 0.493 e. The average Bonchev–Trinajstić information content (AvgIpc) is 3.06. The first kappa shape index (κ1) is 41.0. The summed E-state index contributed by atoms with van der Waals surface area (Å²) < 4.78 is 62.0. The summed E-state index contributed by atoms with van der Waals surface area (Å²) in [6.45, 7) is 5.84. The zero-order chi connectivity index (χ0) is 38.5. The van der Waals surface area contributed by atoms with E-state index in [1.54, 1.807) is 24.3 Å². The summed E-state index contributed by atoms with van der Waals surface area (Å²) in [4.78, 5) is 72.7. The van der Waals surface area contributed by atoms with E-state index in [2.05, 4.69) is 0 Å². The van der Waals surface area contributed by atoms with Gasteiger partial charge in [-0.3, -0.25) is 28.8 Å². The Morgan fingerprint density at radius 2 is 1.25 bits per heavy atom. The topological polar surface area (TPSA) is 204 Å². The fourth-order valence-electron chi connectivity index (χ4n) is 5.21. The Bertz CT molecular complexity index is 1590. The van der Waals surface area contributed by atoms with Crippen molar-refractivity contribution >= 4 is 35.8 Å². The van der Waals surface area contributed by atoms with Crippen LogP contribution in [-0.4, -0.2) is 100 Å². The van der Waals surface area contributed by atoms with Crippen molar-refractivity contribution in [2.24, 2.45) is 0 Å². The number of hydrogen-bond donors (Lipinski definition) is 0. The van der Waals surface area contributed by atoms with E-state index in [1.165, 1.54) is 46.3 Å². The zero-order valence-corrected chi connectivity index (χ0v) is 29.9. The second-order valence-electron chi connectivity index (χ2n) is 11.2. The van der Waals surface area contributed by atoms with Gasteiger partial charge in [0.2, 0.25) is 0 Å². The number of para-hydroxylation sites is 2. The van der Waals surface area contributed by atoms with Crippen LogP contribution < -0.4 is 18.9 Å². The minimum Gasteiger partial charge on any atom is -0.493 e. The molecular weight excluding hydrogens is 692 g/mol. The Morgan fingerprint density at radius 1 is 0.654 bits per heavy atom. The Hall–Kier alpha value is -5.42. The molecule has 0 saturated carbocycles. The summed E-state index contributed by atoms with van der Waals surface area (Å²) in [5.41, 5.74) is 0.313. The predicted molar refractivity (Wildman–Crippen MR) is 174 cm³/mol. The van der Waals surface area contributed by atoms with Crippen molar-refractivity contribution < 1.29 is 80.9 Å². The van der Waals surface area contributed by atoms with Gasteiger partial charge in [-0.2, -0.15) is 0 Å². The molecule has 0 aromatic heterocycles. The molecule has 0 aliphatic carbocycles. The lowest BCUT2D eigenvalue weighted by molar-refractivity contribution is -0.311. The van der Waals surface area contributed by atoms with Crippen LogP contribution in [0.2, 0.25) is 0 Å². The van der Waals surface area contributed by atoms with Gasteiger partial charge in [0.15, 0.2) is 59.8 Å². The molecule has 2 aromatic rings. The van der Waals surface area contributed by atoms with E-state index in [-0.39, 0.29) is 17.2 Å². The van der Waals surface area contributed by atoms with Gasteiger partial charge in [-0.25, -0.2) is 0 Å². The van der Waals surface area contributed by atoms with Gasteiger partial charge in [-0.05, 0) is 24.3 Å². The molecule has 1 saturated heterocycles. The Morgan fingerprint density at radius 3 is 1.81 bits per heavy atom. The molecule has 17 nitrogen and oxygen atoms in total. The number of carbonyl (C=O) groups is 6. The molecule has 1 aliphatic heterocycles. The van der Waals surface area contributed by atoms with E-state index in [0.29, 0.717) is 11.3 Å². The second-order valence-corrected chi connectivity index (χ2v) is 11.2. The molecule has 3 rings (SSSR count). The van der Waals surface area contributed by atoms with Gasteiger partial charge in [0, 0.05) is 47.1 Å². The normalized spacial score (nSPS) is 20.6. The summed E-state index contributed by atoms with van der Waals surface area (Å²) in [5.74, 6) is -3.74. The van der Waals surface area contributed by atoms with Gasteiger partial charge >= 0.3 is 35.8 Å². The van der Waals surface area contributed by atoms with Crippen LogP contribution in [0.1, 0.15) is 53.2 Å². The first-order valence-corrected chi connectivity index (χ1v) is 15.9. The van der Waals surface area contributed by atoms with Crippen LogP contribution in [0.25, 0.3) is 0 Å². The highest BCUT2D eigenvalue weighted by Gasteiger charge is 2.53. The van der Waals surface area contributed by atoms with Crippen LogP contribution in [0.4, 0.5) is 0 Å². The minimum atomic E-state index is -1.58. The molecule has 2 aromatic carbocycles. The molecule has 0 N–H and O–H groups in total. The minimum absolute atomic E-state index is 0.0938. The lowest BCUT2D eigenvalue weighted by atomic mass is 9.98. The Kier molecular flexibility index (Phi) is 15.2. The number of benzene rings is 2. The van der Waals surface area contributed by atoms with Crippen LogP contribution in [-0.2, 0) is 61.9 Å². The van der Waals surface area contributed by atoms with Gasteiger partial charge < -0.3 is 52.1 Å². The maximum Gasteiger partial charge on any atom is 0.308 e. The summed E-state index contributed by atoms with van der Waals surface area (Å²) in [5, 5.41) is 0. The fourth-order valence-corrected chi connectivity index (χ4v) is 5.21. The van der Waals surface area contributed by atoms with Crippen molar-refractivity contribution in [2.75, 3.05) is 27.4 Å². The number of carbonyl (C=O) groups excluding carboxylic acids is 6. The summed E-state index contributed by atoms with van der Waals surface area (Å²) in [6.07, 6.45) is -9.82. The van der Waals surface area contributed by atoms with Gasteiger partial charge in [-0.1, -0.05) is 18.2 Å². The second kappa shape index (κ2) is 19.3. The lowest BCUT2D eigenvalue weighted by Crippen LogP contribution is -2.63. The number of ether oxygens (including phenoxy) is 11. The number of rotatable bonds is 16. The maximum atomic E-state index is 12.5. The summed E-state index contributed by atoms with van der Waals surface area (Å²) in [7, 11) is 2.77. The Labute approximate surface area is 299 Å².